The number of nitriles is 1. The van der Waals surface area contributed by atoms with E-state index in [0.29, 0.717) is 17.1 Å². The van der Waals surface area contributed by atoms with Gasteiger partial charge in [0.2, 0.25) is 0 Å². The highest BCUT2D eigenvalue weighted by molar-refractivity contribution is 6.30. The number of hydrogen-bond acceptors (Lipinski definition) is 2. The molecule has 0 radical (unpaired) electrons. The van der Waals surface area contributed by atoms with Gasteiger partial charge in [0.1, 0.15) is 11.9 Å². The lowest BCUT2D eigenvalue weighted by Gasteiger charge is -2.20. The summed E-state index contributed by atoms with van der Waals surface area (Å²) in [5, 5.41) is 9.67. The summed E-state index contributed by atoms with van der Waals surface area (Å²) >= 11 is 5.96. The molecule has 0 spiro atoms. The molecule has 2 aromatic carbocycles. The van der Waals surface area contributed by atoms with Gasteiger partial charge in [-0.3, -0.25) is 0 Å². The Hall–Kier alpha value is -2.05. The van der Waals surface area contributed by atoms with Crippen LogP contribution in [0.1, 0.15) is 11.1 Å². The molecule has 4 heteroatoms. The Kier molecular flexibility index (Phi) is 4.03. The van der Waals surface area contributed by atoms with E-state index in [0.717, 1.165) is 11.3 Å². The lowest BCUT2D eigenvalue weighted by atomic mass is 10.1. The average molecular weight is 275 g/mol. The van der Waals surface area contributed by atoms with Crippen LogP contribution in [0.2, 0.25) is 5.02 Å². The summed E-state index contributed by atoms with van der Waals surface area (Å²) in [5.74, 6) is -0.258. The third-order valence-electron chi connectivity index (χ3n) is 2.82. The van der Waals surface area contributed by atoms with E-state index in [1.165, 1.54) is 12.1 Å². The van der Waals surface area contributed by atoms with Crippen LogP contribution in [0.15, 0.2) is 42.5 Å². The first-order valence-corrected chi connectivity index (χ1v) is 6.13. The van der Waals surface area contributed by atoms with Crippen LogP contribution in [0.25, 0.3) is 0 Å². The highest BCUT2D eigenvalue weighted by atomic mass is 35.5. The molecular formula is C15H12ClFN2. The van der Waals surface area contributed by atoms with Gasteiger partial charge in [-0.15, -0.1) is 0 Å². The topological polar surface area (TPSA) is 27.0 Å². The van der Waals surface area contributed by atoms with Gasteiger partial charge in [-0.1, -0.05) is 23.7 Å². The summed E-state index contributed by atoms with van der Waals surface area (Å²) in [4.78, 5) is 1.91. The summed E-state index contributed by atoms with van der Waals surface area (Å²) in [7, 11) is 1.87. The van der Waals surface area contributed by atoms with E-state index in [9.17, 15) is 4.39 Å². The molecule has 0 fully saturated rings. The van der Waals surface area contributed by atoms with Crippen molar-refractivity contribution in [2.75, 3.05) is 11.9 Å². The number of nitrogens with zero attached hydrogens (tertiary/aromatic N) is 2. The first-order chi connectivity index (χ1) is 9.10. The van der Waals surface area contributed by atoms with E-state index in [4.69, 9.17) is 16.9 Å². The van der Waals surface area contributed by atoms with Gasteiger partial charge in [-0.05, 0) is 35.9 Å². The highest BCUT2D eigenvalue weighted by Gasteiger charge is 2.08. The molecule has 0 bridgehead atoms. The van der Waals surface area contributed by atoms with Crippen molar-refractivity contribution in [3.63, 3.8) is 0 Å². The number of halogens is 2. The molecule has 0 heterocycles. The first kappa shape index (κ1) is 13.4. The molecule has 2 aromatic rings. The molecule has 0 aliphatic rings. The maximum atomic E-state index is 12.8. The molecule has 0 unspecified atom stereocenters. The molecule has 0 N–H and O–H groups in total. The zero-order chi connectivity index (χ0) is 13.8. The van der Waals surface area contributed by atoms with Crippen LogP contribution in [0.3, 0.4) is 0 Å². The lowest BCUT2D eigenvalue weighted by Crippen LogP contribution is -2.17. The van der Waals surface area contributed by atoms with Crippen LogP contribution < -0.4 is 4.90 Å². The van der Waals surface area contributed by atoms with Crippen LogP contribution in [0.5, 0.6) is 0 Å². The molecular weight excluding hydrogens is 263 g/mol. The fourth-order valence-corrected chi connectivity index (χ4v) is 2.03. The summed E-state index contributed by atoms with van der Waals surface area (Å²) in [6.45, 7) is 0.579. The molecule has 0 aliphatic heterocycles. The Bertz CT molecular complexity index is 617. The Morgan fingerprint density at radius 1 is 1.21 bits per heavy atom. The fourth-order valence-electron chi connectivity index (χ4n) is 1.86. The monoisotopic (exact) mass is 274 g/mol. The fraction of sp³-hybridized carbons (Fsp3) is 0.133. The third kappa shape index (κ3) is 3.24. The van der Waals surface area contributed by atoms with E-state index in [-0.39, 0.29) is 5.82 Å². The van der Waals surface area contributed by atoms with Gasteiger partial charge in [0.15, 0.2) is 0 Å². The van der Waals surface area contributed by atoms with Crippen molar-refractivity contribution < 1.29 is 4.39 Å². The minimum Gasteiger partial charge on any atom is -0.369 e. The van der Waals surface area contributed by atoms with E-state index in [1.807, 2.05) is 11.9 Å². The number of hydrogen-bond donors (Lipinski definition) is 0. The van der Waals surface area contributed by atoms with Crippen molar-refractivity contribution in [2.45, 2.75) is 6.54 Å². The van der Waals surface area contributed by atoms with Crippen LogP contribution in [-0.4, -0.2) is 7.05 Å². The highest BCUT2D eigenvalue weighted by Crippen LogP contribution is 2.24. The molecule has 0 saturated carbocycles. The maximum absolute atomic E-state index is 12.8. The van der Waals surface area contributed by atoms with E-state index in [2.05, 4.69) is 6.07 Å². The molecule has 2 nitrogen and oxygen atoms in total. The predicted molar refractivity (Wildman–Crippen MR) is 74.7 cm³/mol. The first-order valence-electron chi connectivity index (χ1n) is 5.75. The molecule has 0 aliphatic carbocycles. The van der Waals surface area contributed by atoms with Gasteiger partial charge < -0.3 is 4.90 Å². The smallest absolute Gasteiger partial charge is 0.123 e. The van der Waals surface area contributed by atoms with E-state index in [1.54, 1.807) is 30.3 Å². The summed E-state index contributed by atoms with van der Waals surface area (Å²) < 4.78 is 12.8. The minimum atomic E-state index is -0.258. The van der Waals surface area contributed by atoms with Gasteiger partial charge >= 0.3 is 0 Å². The Morgan fingerprint density at radius 3 is 2.53 bits per heavy atom. The van der Waals surface area contributed by atoms with Crippen molar-refractivity contribution in [2.24, 2.45) is 0 Å². The van der Waals surface area contributed by atoms with Crippen molar-refractivity contribution in [3.8, 4) is 6.07 Å². The maximum Gasteiger partial charge on any atom is 0.123 e. The van der Waals surface area contributed by atoms with E-state index >= 15 is 0 Å². The Morgan fingerprint density at radius 2 is 1.89 bits per heavy atom. The third-order valence-corrected chi connectivity index (χ3v) is 3.06. The quantitative estimate of drug-likeness (QED) is 0.846. The summed E-state index contributed by atoms with van der Waals surface area (Å²) in [5.41, 5.74) is 2.29. The molecule has 2 rings (SSSR count). The lowest BCUT2D eigenvalue weighted by molar-refractivity contribution is 0.627. The minimum absolute atomic E-state index is 0.258. The standard InChI is InChI=1S/C15H12ClFN2/c1-19(10-11-2-6-14(17)7-3-11)15-8-13(16)5-4-12(15)9-18/h2-8H,10H2,1H3. The average Bonchev–Trinajstić information content (AvgIpc) is 2.41. The number of anilines is 1. The molecule has 0 atom stereocenters. The SMILES string of the molecule is CN(Cc1ccc(F)cc1)c1cc(Cl)ccc1C#N. The van der Waals surface area contributed by atoms with E-state index < -0.39 is 0 Å². The van der Waals surface area contributed by atoms with Gasteiger partial charge in [0.25, 0.3) is 0 Å². The largest absolute Gasteiger partial charge is 0.369 e. The van der Waals surface area contributed by atoms with Crippen molar-refractivity contribution in [1.29, 1.82) is 5.26 Å². The second-order valence-corrected chi connectivity index (χ2v) is 4.69. The molecule has 19 heavy (non-hydrogen) atoms. The molecule has 0 saturated heterocycles. The second kappa shape index (κ2) is 5.73. The normalized spacial score (nSPS) is 10.0. The van der Waals surface area contributed by atoms with Gasteiger partial charge in [-0.2, -0.15) is 5.26 Å². The number of rotatable bonds is 3. The van der Waals surface area contributed by atoms with Gasteiger partial charge in [0.05, 0.1) is 11.3 Å². The van der Waals surface area contributed by atoms with Crippen LogP contribution >= 0.6 is 11.6 Å². The predicted octanol–water partition coefficient (Wildman–Crippen LogP) is 3.99. The number of benzene rings is 2. The Balaban J connectivity index is 2.25. The van der Waals surface area contributed by atoms with Crippen molar-refractivity contribution >= 4 is 17.3 Å². The Labute approximate surface area is 116 Å². The zero-order valence-electron chi connectivity index (χ0n) is 10.4. The van der Waals surface area contributed by atoms with Crippen molar-refractivity contribution in [3.05, 3.63) is 64.4 Å². The second-order valence-electron chi connectivity index (χ2n) is 4.26. The zero-order valence-corrected chi connectivity index (χ0v) is 11.2. The molecule has 0 aromatic heterocycles. The van der Waals surface area contributed by atoms with Gasteiger partial charge in [-0.25, -0.2) is 4.39 Å². The van der Waals surface area contributed by atoms with Crippen LogP contribution in [0, 0.1) is 17.1 Å². The molecule has 96 valence electrons. The summed E-state index contributed by atoms with van der Waals surface area (Å²) in [6.07, 6.45) is 0. The van der Waals surface area contributed by atoms with Gasteiger partial charge in [0, 0.05) is 18.6 Å². The summed E-state index contributed by atoms with van der Waals surface area (Å²) in [6, 6.07) is 13.6. The molecule has 0 amide bonds. The van der Waals surface area contributed by atoms with Crippen molar-refractivity contribution in [1.82, 2.24) is 0 Å². The van der Waals surface area contributed by atoms with Crippen LogP contribution in [0.4, 0.5) is 10.1 Å². The van der Waals surface area contributed by atoms with Crippen LogP contribution in [-0.2, 0) is 6.54 Å².